The van der Waals surface area contributed by atoms with E-state index in [-0.39, 0.29) is 11.8 Å². The van der Waals surface area contributed by atoms with Crippen LogP contribution in [0.25, 0.3) is 0 Å². The molecule has 7 heteroatoms. The van der Waals surface area contributed by atoms with E-state index < -0.39 is 24.1 Å². The van der Waals surface area contributed by atoms with Crippen LogP contribution in [0.1, 0.15) is 33.6 Å². The van der Waals surface area contributed by atoms with Crippen molar-refractivity contribution >= 4 is 11.9 Å². The lowest BCUT2D eigenvalue weighted by Crippen LogP contribution is -2.47. The summed E-state index contributed by atoms with van der Waals surface area (Å²) in [5.41, 5.74) is -0.212. The van der Waals surface area contributed by atoms with Crippen LogP contribution in [0.3, 0.4) is 0 Å². The minimum atomic E-state index is -5.06. The number of halogens is 3. The van der Waals surface area contributed by atoms with E-state index in [9.17, 15) is 22.8 Å². The Kier molecular flexibility index (Phi) is 4.97. The fourth-order valence-electron chi connectivity index (χ4n) is 1.07. The number of carbonyl (C=O) groups excluding carboxylic acids is 1. The van der Waals surface area contributed by atoms with E-state index in [1.807, 2.05) is 20.8 Å². The van der Waals surface area contributed by atoms with Crippen molar-refractivity contribution in [2.24, 2.45) is 5.41 Å². The van der Waals surface area contributed by atoms with E-state index in [0.29, 0.717) is 6.42 Å². The Balaban J connectivity index is 4.47. The van der Waals surface area contributed by atoms with Crippen LogP contribution in [0.15, 0.2) is 0 Å². The molecule has 0 radical (unpaired) electrons. The van der Waals surface area contributed by atoms with E-state index in [1.54, 1.807) is 0 Å². The molecule has 0 saturated heterocycles. The maximum Gasteiger partial charge on any atom is 0.471 e. The number of nitrogens with one attached hydrogen (secondary N) is 1. The van der Waals surface area contributed by atoms with Crippen molar-refractivity contribution in [3.05, 3.63) is 0 Å². The largest absolute Gasteiger partial charge is 0.480 e. The highest BCUT2D eigenvalue weighted by molar-refractivity contribution is 5.86. The molecule has 17 heavy (non-hydrogen) atoms. The second-order valence-electron chi connectivity index (χ2n) is 4.96. The van der Waals surface area contributed by atoms with Gasteiger partial charge in [-0.05, 0) is 18.3 Å². The summed E-state index contributed by atoms with van der Waals surface area (Å²) >= 11 is 0. The lowest BCUT2D eigenvalue weighted by Gasteiger charge is -2.21. The van der Waals surface area contributed by atoms with Gasteiger partial charge in [-0.15, -0.1) is 0 Å². The van der Waals surface area contributed by atoms with E-state index in [2.05, 4.69) is 0 Å². The van der Waals surface area contributed by atoms with Crippen LogP contribution < -0.4 is 5.32 Å². The third kappa shape index (κ3) is 6.80. The summed E-state index contributed by atoms with van der Waals surface area (Å²) in [5.74, 6) is -3.69. The number of alkyl halides is 3. The smallest absolute Gasteiger partial charge is 0.471 e. The van der Waals surface area contributed by atoms with Gasteiger partial charge in [0.25, 0.3) is 0 Å². The minimum absolute atomic E-state index is 0.0410. The summed E-state index contributed by atoms with van der Waals surface area (Å²) in [5, 5.41) is 10.2. The van der Waals surface area contributed by atoms with Gasteiger partial charge in [-0.25, -0.2) is 4.79 Å². The zero-order valence-corrected chi connectivity index (χ0v) is 9.89. The average Bonchev–Trinajstić information content (AvgIpc) is 2.07. The van der Waals surface area contributed by atoms with Crippen LogP contribution in [-0.2, 0) is 9.59 Å². The van der Waals surface area contributed by atoms with Gasteiger partial charge in [-0.3, -0.25) is 4.79 Å². The van der Waals surface area contributed by atoms with Gasteiger partial charge < -0.3 is 10.4 Å². The summed E-state index contributed by atoms with van der Waals surface area (Å²) in [6, 6.07) is -1.51. The quantitative estimate of drug-likeness (QED) is 0.806. The Labute approximate surface area is 97.2 Å². The molecule has 0 spiro atoms. The third-order valence-corrected chi connectivity index (χ3v) is 2.04. The monoisotopic (exact) mass is 255 g/mol. The van der Waals surface area contributed by atoms with Crippen LogP contribution in [0.2, 0.25) is 0 Å². The number of hydrogen-bond donors (Lipinski definition) is 2. The van der Waals surface area contributed by atoms with Gasteiger partial charge in [0.1, 0.15) is 6.04 Å². The molecule has 0 aromatic heterocycles. The predicted molar refractivity (Wildman–Crippen MR) is 54.3 cm³/mol. The van der Waals surface area contributed by atoms with Crippen LogP contribution >= 0.6 is 0 Å². The molecule has 1 amide bonds. The molecule has 0 fully saturated rings. The normalized spacial score (nSPS) is 14.2. The highest BCUT2D eigenvalue weighted by atomic mass is 19.4. The fourth-order valence-corrected chi connectivity index (χ4v) is 1.07. The van der Waals surface area contributed by atoms with E-state index in [0.717, 1.165) is 0 Å². The van der Waals surface area contributed by atoms with Gasteiger partial charge in [0, 0.05) is 0 Å². The maximum atomic E-state index is 11.9. The predicted octanol–water partition coefficient (Wildman–Crippen LogP) is 1.94. The number of aliphatic carboxylic acids is 1. The molecule has 0 aromatic carbocycles. The number of amides is 1. The summed E-state index contributed by atoms with van der Waals surface area (Å²) in [6.07, 6.45) is -4.71. The summed E-state index contributed by atoms with van der Waals surface area (Å²) in [6.45, 7) is 5.49. The highest BCUT2D eigenvalue weighted by Crippen LogP contribution is 2.22. The van der Waals surface area contributed by atoms with Crippen LogP contribution in [-0.4, -0.2) is 29.2 Å². The Morgan fingerprint density at radius 3 is 2.00 bits per heavy atom. The van der Waals surface area contributed by atoms with Crippen LogP contribution in [0.5, 0.6) is 0 Å². The van der Waals surface area contributed by atoms with Gasteiger partial charge in [-0.2, -0.15) is 13.2 Å². The molecular weight excluding hydrogens is 239 g/mol. The van der Waals surface area contributed by atoms with Crippen LogP contribution in [0.4, 0.5) is 13.2 Å². The van der Waals surface area contributed by atoms with Crippen molar-refractivity contribution in [2.75, 3.05) is 0 Å². The van der Waals surface area contributed by atoms with Crippen molar-refractivity contribution in [3.8, 4) is 0 Å². The molecular formula is C10H16F3NO3. The molecule has 0 heterocycles. The van der Waals surface area contributed by atoms with Gasteiger partial charge in [0.15, 0.2) is 0 Å². The molecule has 0 aliphatic rings. The van der Waals surface area contributed by atoms with Gasteiger partial charge >= 0.3 is 18.1 Å². The van der Waals surface area contributed by atoms with E-state index >= 15 is 0 Å². The summed E-state index contributed by atoms with van der Waals surface area (Å²) in [7, 11) is 0. The molecule has 0 aliphatic heterocycles. The Hall–Kier alpha value is -1.27. The molecule has 1 atom stereocenters. The van der Waals surface area contributed by atoms with Crippen molar-refractivity contribution in [1.82, 2.24) is 5.32 Å². The minimum Gasteiger partial charge on any atom is -0.480 e. The first kappa shape index (κ1) is 15.7. The Bertz CT molecular complexity index is 294. The summed E-state index contributed by atoms with van der Waals surface area (Å²) in [4.78, 5) is 21.3. The SMILES string of the molecule is CC(C)(C)CCC(NC(=O)C(F)(F)F)C(=O)O. The molecule has 2 N–H and O–H groups in total. The number of rotatable bonds is 4. The Morgan fingerprint density at radius 2 is 1.71 bits per heavy atom. The molecule has 0 saturated carbocycles. The average molecular weight is 255 g/mol. The first-order chi connectivity index (χ1) is 7.43. The van der Waals surface area contributed by atoms with Crippen molar-refractivity contribution in [1.29, 1.82) is 0 Å². The number of hydrogen-bond acceptors (Lipinski definition) is 2. The van der Waals surface area contributed by atoms with Crippen molar-refractivity contribution < 1.29 is 27.9 Å². The lowest BCUT2D eigenvalue weighted by atomic mass is 9.88. The van der Waals surface area contributed by atoms with Gasteiger partial charge in [0.2, 0.25) is 0 Å². The topological polar surface area (TPSA) is 66.4 Å². The molecule has 0 rings (SSSR count). The number of carboxylic acids is 1. The van der Waals surface area contributed by atoms with Gasteiger partial charge in [0.05, 0.1) is 0 Å². The second kappa shape index (κ2) is 5.37. The second-order valence-corrected chi connectivity index (χ2v) is 4.96. The highest BCUT2D eigenvalue weighted by Gasteiger charge is 2.40. The zero-order valence-electron chi connectivity index (χ0n) is 9.89. The molecule has 100 valence electrons. The lowest BCUT2D eigenvalue weighted by molar-refractivity contribution is -0.175. The molecule has 0 aliphatic carbocycles. The standard InChI is InChI=1S/C10H16F3NO3/c1-9(2,3)5-4-6(7(15)16)14-8(17)10(11,12)13/h6H,4-5H2,1-3H3,(H,14,17)(H,15,16). The first-order valence-corrected chi connectivity index (χ1v) is 5.04. The fraction of sp³-hybridized carbons (Fsp3) is 0.800. The van der Waals surface area contributed by atoms with Crippen molar-refractivity contribution in [3.63, 3.8) is 0 Å². The molecule has 4 nitrogen and oxygen atoms in total. The first-order valence-electron chi connectivity index (χ1n) is 5.04. The maximum absolute atomic E-state index is 11.9. The number of carboxylic acid groups (broad SMARTS) is 1. The van der Waals surface area contributed by atoms with E-state index in [4.69, 9.17) is 5.11 Å². The zero-order chi connectivity index (χ0) is 13.9. The van der Waals surface area contributed by atoms with Crippen LogP contribution in [0, 0.1) is 5.41 Å². The van der Waals surface area contributed by atoms with Crippen molar-refractivity contribution in [2.45, 2.75) is 45.8 Å². The van der Waals surface area contributed by atoms with Gasteiger partial charge in [-0.1, -0.05) is 20.8 Å². The van der Waals surface area contributed by atoms with E-state index in [1.165, 1.54) is 5.32 Å². The molecule has 1 unspecified atom stereocenters. The number of carbonyl (C=O) groups is 2. The molecule has 0 bridgehead atoms. The molecule has 0 aromatic rings. The summed E-state index contributed by atoms with van der Waals surface area (Å²) < 4.78 is 35.8. The Morgan fingerprint density at radius 1 is 1.24 bits per heavy atom. The third-order valence-electron chi connectivity index (χ3n) is 2.04.